The van der Waals surface area contributed by atoms with Crippen LogP contribution in [0.3, 0.4) is 0 Å². The highest BCUT2D eigenvalue weighted by molar-refractivity contribution is 5.70. The fourth-order valence-corrected chi connectivity index (χ4v) is 2.84. The molecule has 0 radical (unpaired) electrons. The first-order valence-corrected chi connectivity index (χ1v) is 9.42. The van der Waals surface area contributed by atoms with Gasteiger partial charge in [-0.3, -0.25) is 4.79 Å². The molecule has 0 saturated heterocycles. The topological polar surface area (TPSA) is 92.9 Å². The van der Waals surface area contributed by atoms with Gasteiger partial charge in [-0.1, -0.05) is 6.07 Å². The Morgan fingerprint density at radius 2 is 1.70 bits per heavy atom. The molecule has 0 aliphatic heterocycles. The Kier molecular flexibility index (Phi) is 6.90. The van der Waals surface area contributed by atoms with E-state index >= 15 is 0 Å². The van der Waals surface area contributed by atoms with Gasteiger partial charge in [-0.25, -0.2) is 0 Å². The Morgan fingerprint density at radius 3 is 2.37 bits per heavy atom. The van der Waals surface area contributed by atoms with Gasteiger partial charge < -0.3 is 23.4 Å². The monoisotopic (exact) mass is 412 g/mol. The summed E-state index contributed by atoms with van der Waals surface area (Å²) >= 11 is 0. The summed E-state index contributed by atoms with van der Waals surface area (Å²) in [4.78, 5) is 12.2. The van der Waals surface area contributed by atoms with Crippen LogP contribution >= 0.6 is 0 Å². The molecule has 8 nitrogen and oxygen atoms in total. The molecule has 1 heterocycles. The predicted octanol–water partition coefficient (Wildman–Crippen LogP) is 4.00. The van der Waals surface area contributed by atoms with Crippen LogP contribution in [0.1, 0.15) is 30.9 Å². The zero-order chi connectivity index (χ0) is 21.5. The van der Waals surface area contributed by atoms with E-state index < -0.39 is 6.10 Å². The Labute approximate surface area is 174 Å². The molecule has 0 unspecified atom stereocenters. The number of nitrogens with zero attached hydrogens (tertiary/aromatic N) is 2. The smallest absolute Gasteiger partial charge is 0.306 e. The second-order valence-electron chi connectivity index (χ2n) is 6.50. The van der Waals surface area contributed by atoms with Gasteiger partial charge in [0, 0.05) is 12.0 Å². The summed E-state index contributed by atoms with van der Waals surface area (Å²) in [6, 6.07) is 12.8. The molecule has 0 aliphatic carbocycles. The normalized spacial score (nSPS) is 11.6. The molecule has 0 N–H and O–H groups in total. The summed E-state index contributed by atoms with van der Waals surface area (Å²) in [5.74, 6) is 2.22. The number of aromatic nitrogens is 2. The van der Waals surface area contributed by atoms with E-state index in [1.807, 2.05) is 24.3 Å². The number of methoxy groups -OCH3 is 3. The van der Waals surface area contributed by atoms with Crippen LogP contribution in [0, 0.1) is 0 Å². The van der Waals surface area contributed by atoms with Crippen LogP contribution in [0.5, 0.6) is 17.2 Å². The number of ether oxygens (including phenoxy) is 4. The van der Waals surface area contributed by atoms with E-state index in [4.69, 9.17) is 23.4 Å². The van der Waals surface area contributed by atoms with Gasteiger partial charge >= 0.3 is 5.97 Å². The number of hydrogen-bond acceptors (Lipinski definition) is 8. The maximum Gasteiger partial charge on any atom is 0.306 e. The van der Waals surface area contributed by atoms with Gasteiger partial charge in [0.15, 0.2) is 17.6 Å². The van der Waals surface area contributed by atoms with E-state index in [1.165, 1.54) is 0 Å². The summed E-state index contributed by atoms with van der Waals surface area (Å²) in [6.45, 7) is 1.69. The van der Waals surface area contributed by atoms with Crippen molar-refractivity contribution in [1.82, 2.24) is 10.2 Å². The molecule has 0 aliphatic rings. The van der Waals surface area contributed by atoms with E-state index in [2.05, 4.69) is 10.2 Å². The van der Waals surface area contributed by atoms with Crippen LogP contribution in [-0.4, -0.2) is 37.5 Å². The third kappa shape index (κ3) is 5.08. The zero-order valence-electron chi connectivity index (χ0n) is 17.4. The average molecular weight is 412 g/mol. The lowest BCUT2D eigenvalue weighted by Crippen LogP contribution is -2.10. The summed E-state index contributed by atoms with van der Waals surface area (Å²) in [5, 5.41) is 8.02. The SMILES string of the molecule is COc1ccc(-c2nnc([C@@H](C)OC(=O)CCc3ccc(OC)c(OC)c3)o2)cc1. The first kappa shape index (κ1) is 21.2. The van der Waals surface area contributed by atoms with Gasteiger partial charge in [0.25, 0.3) is 5.89 Å². The fourth-order valence-electron chi connectivity index (χ4n) is 2.84. The van der Waals surface area contributed by atoms with E-state index in [0.29, 0.717) is 23.8 Å². The van der Waals surface area contributed by atoms with Crippen molar-refractivity contribution in [2.45, 2.75) is 25.9 Å². The number of carbonyl (C=O) groups excluding carboxylic acids is 1. The molecular formula is C22H24N2O6. The van der Waals surface area contributed by atoms with Crippen LogP contribution in [0.15, 0.2) is 46.9 Å². The summed E-state index contributed by atoms with van der Waals surface area (Å²) in [7, 11) is 4.75. The van der Waals surface area contributed by atoms with Crippen molar-refractivity contribution in [1.29, 1.82) is 0 Å². The minimum atomic E-state index is -0.651. The molecule has 8 heteroatoms. The Bertz CT molecular complexity index is 984. The van der Waals surface area contributed by atoms with Crippen LogP contribution < -0.4 is 14.2 Å². The highest BCUT2D eigenvalue weighted by Gasteiger charge is 2.19. The Morgan fingerprint density at radius 1 is 0.967 bits per heavy atom. The van der Waals surface area contributed by atoms with Crippen LogP contribution in [0.25, 0.3) is 11.5 Å². The molecule has 1 atom stereocenters. The number of carbonyl (C=O) groups is 1. The average Bonchev–Trinajstić information content (AvgIpc) is 3.28. The van der Waals surface area contributed by atoms with Crippen molar-refractivity contribution >= 4 is 5.97 Å². The molecular weight excluding hydrogens is 388 g/mol. The van der Waals surface area contributed by atoms with Gasteiger partial charge in [-0.15, -0.1) is 10.2 Å². The lowest BCUT2D eigenvalue weighted by molar-refractivity contribution is -0.149. The minimum absolute atomic E-state index is 0.208. The summed E-state index contributed by atoms with van der Waals surface area (Å²) in [6.07, 6.45) is 0.0639. The number of rotatable bonds is 9. The molecule has 0 amide bonds. The van der Waals surface area contributed by atoms with E-state index in [9.17, 15) is 4.79 Å². The first-order valence-electron chi connectivity index (χ1n) is 9.42. The van der Waals surface area contributed by atoms with Crippen LogP contribution in [0.2, 0.25) is 0 Å². The standard InChI is InChI=1S/C22H24N2O6/c1-14(21-23-24-22(30-21)16-7-9-17(26-2)10-8-16)29-20(25)12-6-15-5-11-18(27-3)19(13-15)28-4/h5,7-11,13-14H,6,12H2,1-4H3/t14-/m1/s1. The van der Waals surface area contributed by atoms with Crippen molar-refractivity contribution in [3.63, 3.8) is 0 Å². The molecule has 0 saturated carbocycles. The first-order chi connectivity index (χ1) is 14.5. The van der Waals surface area contributed by atoms with Crippen molar-refractivity contribution in [3.8, 4) is 28.7 Å². The third-order valence-electron chi connectivity index (χ3n) is 4.50. The molecule has 1 aromatic heterocycles. The zero-order valence-corrected chi connectivity index (χ0v) is 17.4. The number of hydrogen-bond donors (Lipinski definition) is 0. The lowest BCUT2D eigenvalue weighted by Gasteiger charge is -2.11. The van der Waals surface area contributed by atoms with Gasteiger partial charge in [-0.05, 0) is 55.3 Å². The molecule has 0 fully saturated rings. The number of aryl methyl sites for hydroxylation is 1. The Balaban J connectivity index is 1.56. The maximum absolute atomic E-state index is 12.2. The molecule has 0 bridgehead atoms. The summed E-state index contributed by atoms with van der Waals surface area (Å²) < 4.78 is 26.7. The van der Waals surface area contributed by atoms with Crippen LogP contribution in [0.4, 0.5) is 0 Å². The second kappa shape index (κ2) is 9.78. The van der Waals surface area contributed by atoms with Crippen LogP contribution in [-0.2, 0) is 16.0 Å². The molecule has 3 rings (SSSR count). The molecule has 2 aromatic carbocycles. The molecule has 0 spiro atoms. The van der Waals surface area contributed by atoms with Crippen molar-refractivity contribution in [2.75, 3.05) is 21.3 Å². The molecule has 30 heavy (non-hydrogen) atoms. The quantitative estimate of drug-likeness (QED) is 0.487. The molecule has 158 valence electrons. The minimum Gasteiger partial charge on any atom is -0.497 e. The highest BCUT2D eigenvalue weighted by Crippen LogP contribution is 2.28. The number of benzene rings is 2. The van der Waals surface area contributed by atoms with E-state index in [-0.39, 0.29) is 18.3 Å². The van der Waals surface area contributed by atoms with Gasteiger partial charge in [0.05, 0.1) is 21.3 Å². The number of esters is 1. The fraction of sp³-hybridized carbons (Fsp3) is 0.318. The third-order valence-corrected chi connectivity index (χ3v) is 4.50. The lowest BCUT2D eigenvalue weighted by atomic mass is 10.1. The van der Waals surface area contributed by atoms with E-state index in [0.717, 1.165) is 16.9 Å². The summed E-state index contributed by atoms with van der Waals surface area (Å²) in [5.41, 5.74) is 1.69. The highest BCUT2D eigenvalue weighted by atomic mass is 16.6. The maximum atomic E-state index is 12.2. The van der Waals surface area contributed by atoms with E-state index in [1.54, 1.807) is 46.5 Å². The Hall–Kier alpha value is -3.55. The van der Waals surface area contributed by atoms with Gasteiger partial charge in [0.2, 0.25) is 5.89 Å². The largest absolute Gasteiger partial charge is 0.497 e. The second-order valence-corrected chi connectivity index (χ2v) is 6.50. The van der Waals surface area contributed by atoms with Gasteiger partial charge in [0.1, 0.15) is 5.75 Å². The van der Waals surface area contributed by atoms with Gasteiger partial charge in [-0.2, -0.15) is 0 Å². The van der Waals surface area contributed by atoms with Crippen molar-refractivity contribution < 1.29 is 28.2 Å². The molecule has 3 aromatic rings. The van der Waals surface area contributed by atoms with Crippen molar-refractivity contribution in [2.24, 2.45) is 0 Å². The van der Waals surface area contributed by atoms with Crippen molar-refractivity contribution in [3.05, 3.63) is 53.9 Å². The predicted molar refractivity (Wildman–Crippen MR) is 109 cm³/mol.